The lowest BCUT2D eigenvalue weighted by atomic mass is 10.1. The largest absolute Gasteiger partial charge is 0.449 e. The SMILES string of the molecule is Cc1cc(N)cc(C(=O)OC(C)C(=O)NC(C)(C)C)c1. The number of aryl methyl sites for hydroxylation is 1. The molecule has 1 atom stereocenters. The average molecular weight is 278 g/mol. The normalized spacial score (nSPS) is 12.7. The first-order valence-electron chi connectivity index (χ1n) is 6.48. The number of rotatable bonds is 3. The van der Waals surface area contributed by atoms with Crippen LogP contribution in [0.15, 0.2) is 18.2 Å². The zero-order valence-electron chi connectivity index (χ0n) is 12.6. The van der Waals surface area contributed by atoms with Crippen molar-refractivity contribution in [2.75, 3.05) is 5.73 Å². The van der Waals surface area contributed by atoms with Crippen LogP contribution in [0.3, 0.4) is 0 Å². The lowest BCUT2D eigenvalue weighted by Gasteiger charge is -2.23. The van der Waals surface area contributed by atoms with E-state index < -0.39 is 12.1 Å². The van der Waals surface area contributed by atoms with E-state index in [2.05, 4.69) is 5.32 Å². The Morgan fingerprint density at radius 3 is 2.35 bits per heavy atom. The summed E-state index contributed by atoms with van der Waals surface area (Å²) in [5, 5.41) is 2.76. The number of anilines is 1. The van der Waals surface area contributed by atoms with Crippen LogP contribution in [0.1, 0.15) is 43.6 Å². The van der Waals surface area contributed by atoms with Crippen molar-refractivity contribution in [2.45, 2.75) is 46.3 Å². The van der Waals surface area contributed by atoms with E-state index in [1.165, 1.54) is 13.0 Å². The van der Waals surface area contributed by atoms with E-state index in [1.807, 2.05) is 27.7 Å². The van der Waals surface area contributed by atoms with E-state index in [9.17, 15) is 9.59 Å². The number of nitrogens with one attached hydrogen (secondary N) is 1. The van der Waals surface area contributed by atoms with Gasteiger partial charge in [-0.1, -0.05) is 0 Å². The van der Waals surface area contributed by atoms with E-state index in [0.29, 0.717) is 11.3 Å². The van der Waals surface area contributed by atoms with Gasteiger partial charge in [0, 0.05) is 11.2 Å². The zero-order valence-corrected chi connectivity index (χ0v) is 12.6. The highest BCUT2D eigenvalue weighted by Crippen LogP contribution is 2.13. The molecule has 0 bridgehead atoms. The molecule has 1 aromatic rings. The van der Waals surface area contributed by atoms with Crippen molar-refractivity contribution in [2.24, 2.45) is 0 Å². The molecule has 0 saturated heterocycles. The summed E-state index contributed by atoms with van der Waals surface area (Å²) in [5.41, 5.74) is 7.01. The number of carbonyl (C=O) groups is 2. The molecule has 0 saturated carbocycles. The fourth-order valence-electron chi connectivity index (χ4n) is 1.68. The van der Waals surface area contributed by atoms with Crippen LogP contribution in [0.2, 0.25) is 0 Å². The van der Waals surface area contributed by atoms with Crippen molar-refractivity contribution < 1.29 is 14.3 Å². The van der Waals surface area contributed by atoms with Gasteiger partial charge in [0.15, 0.2) is 6.10 Å². The monoisotopic (exact) mass is 278 g/mol. The fourth-order valence-corrected chi connectivity index (χ4v) is 1.68. The molecule has 5 heteroatoms. The van der Waals surface area contributed by atoms with Gasteiger partial charge in [0.1, 0.15) is 0 Å². The molecule has 0 radical (unpaired) electrons. The van der Waals surface area contributed by atoms with Crippen molar-refractivity contribution in [3.63, 3.8) is 0 Å². The third-order valence-corrected chi connectivity index (χ3v) is 2.49. The Kier molecular flexibility index (Phi) is 4.76. The number of hydrogen-bond donors (Lipinski definition) is 2. The third kappa shape index (κ3) is 4.91. The molecule has 0 aliphatic carbocycles. The Bertz CT molecular complexity index is 498. The Hall–Kier alpha value is -2.04. The first-order chi connectivity index (χ1) is 9.08. The minimum atomic E-state index is -0.858. The number of nitrogens with two attached hydrogens (primary N) is 1. The second kappa shape index (κ2) is 5.94. The highest BCUT2D eigenvalue weighted by atomic mass is 16.5. The van der Waals surface area contributed by atoms with Crippen molar-refractivity contribution in [3.05, 3.63) is 29.3 Å². The predicted octanol–water partition coefficient (Wildman–Crippen LogP) is 2.04. The van der Waals surface area contributed by atoms with Gasteiger partial charge in [0.2, 0.25) is 0 Å². The third-order valence-electron chi connectivity index (χ3n) is 2.49. The van der Waals surface area contributed by atoms with Gasteiger partial charge in [0.25, 0.3) is 5.91 Å². The summed E-state index contributed by atoms with van der Waals surface area (Å²) in [7, 11) is 0. The molecule has 1 rings (SSSR count). The molecule has 3 N–H and O–H groups in total. The first-order valence-corrected chi connectivity index (χ1v) is 6.48. The molecular weight excluding hydrogens is 256 g/mol. The second-order valence-electron chi connectivity index (χ2n) is 5.92. The molecule has 20 heavy (non-hydrogen) atoms. The maximum atomic E-state index is 12.0. The number of carbonyl (C=O) groups excluding carboxylic acids is 2. The zero-order chi connectivity index (χ0) is 15.5. The molecule has 0 spiro atoms. The van der Waals surface area contributed by atoms with Gasteiger partial charge < -0.3 is 15.8 Å². The smallest absolute Gasteiger partial charge is 0.338 e. The fraction of sp³-hybridized carbons (Fsp3) is 0.467. The van der Waals surface area contributed by atoms with E-state index in [4.69, 9.17) is 10.5 Å². The lowest BCUT2D eigenvalue weighted by molar-refractivity contribution is -0.130. The summed E-state index contributed by atoms with van der Waals surface area (Å²) in [6, 6.07) is 4.96. The number of esters is 1. The van der Waals surface area contributed by atoms with Crippen LogP contribution in [0.5, 0.6) is 0 Å². The van der Waals surface area contributed by atoms with Crippen molar-refractivity contribution in [3.8, 4) is 0 Å². The van der Waals surface area contributed by atoms with Crippen LogP contribution >= 0.6 is 0 Å². The van der Waals surface area contributed by atoms with Crippen LogP contribution in [0.25, 0.3) is 0 Å². The molecule has 110 valence electrons. The van der Waals surface area contributed by atoms with E-state index >= 15 is 0 Å². The molecule has 0 fully saturated rings. The van der Waals surface area contributed by atoms with Gasteiger partial charge in [-0.3, -0.25) is 4.79 Å². The lowest BCUT2D eigenvalue weighted by Crippen LogP contribution is -2.46. The van der Waals surface area contributed by atoms with Gasteiger partial charge in [0.05, 0.1) is 5.56 Å². The maximum absolute atomic E-state index is 12.0. The number of ether oxygens (including phenoxy) is 1. The number of hydrogen-bond acceptors (Lipinski definition) is 4. The van der Waals surface area contributed by atoms with Crippen molar-refractivity contribution in [1.82, 2.24) is 5.32 Å². The van der Waals surface area contributed by atoms with Gasteiger partial charge in [-0.15, -0.1) is 0 Å². The van der Waals surface area contributed by atoms with Crippen molar-refractivity contribution >= 4 is 17.6 Å². The van der Waals surface area contributed by atoms with Crippen LogP contribution in [0.4, 0.5) is 5.69 Å². The Balaban J connectivity index is 2.72. The minimum Gasteiger partial charge on any atom is -0.449 e. The Morgan fingerprint density at radius 1 is 1.25 bits per heavy atom. The molecule has 1 amide bonds. The number of amides is 1. The number of nitrogen functional groups attached to an aromatic ring is 1. The highest BCUT2D eigenvalue weighted by molar-refractivity contribution is 5.93. The molecule has 5 nitrogen and oxygen atoms in total. The molecule has 0 aliphatic rings. The molecule has 0 heterocycles. The van der Waals surface area contributed by atoms with E-state index in [0.717, 1.165) is 5.56 Å². The summed E-state index contributed by atoms with van der Waals surface area (Å²) in [5.74, 6) is -0.886. The van der Waals surface area contributed by atoms with Crippen LogP contribution in [-0.2, 0) is 9.53 Å². The maximum Gasteiger partial charge on any atom is 0.338 e. The second-order valence-corrected chi connectivity index (χ2v) is 5.92. The van der Waals surface area contributed by atoms with Gasteiger partial charge in [-0.05, 0) is 58.4 Å². The topological polar surface area (TPSA) is 81.4 Å². The summed E-state index contributed by atoms with van der Waals surface area (Å²) < 4.78 is 5.15. The summed E-state index contributed by atoms with van der Waals surface area (Å²) in [6.45, 7) is 8.96. The van der Waals surface area contributed by atoms with Crippen LogP contribution in [-0.4, -0.2) is 23.5 Å². The number of benzene rings is 1. The van der Waals surface area contributed by atoms with Gasteiger partial charge >= 0.3 is 5.97 Å². The van der Waals surface area contributed by atoms with Crippen LogP contribution < -0.4 is 11.1 Å². The standard InChI is InChI=1S/C15H22N2O3/c1-9-6-11(8-12(16)7-9)14(19)20-10(2)13(18)17-15(3,4)5/h6-8,10H,16H2,1-5H3,(H,17,18). The van der Waals surface area contributed by atoms with Gasteiger partial charge in [-0.25, -0.2) is 4.79 Å². The van der Waals surface area contributed by atoms with E-state index in [1.54, 1.807) is 12.1 Å². The quantitative estimate of drug-likeness (QED) is 0.655. The Labute approximate surface area is 119 Å². The first kappa shape index (κ1) is 16.0. The van der Waals surface area contributed by atoms with Crippen LogP contribution in [0, 0.1) is 6.92 Å². The molecule has 1 unspecified atom stereocenters. The average Bonchev–Trinajstić information content (AvgIpc) is 2.25. The molecule has 0 aromatic heterocycles. The molecule has 1 aromatic carbocycles. The Morgan fingerprint density at radius 2 is 1.85 bits per heavy atom. The predicted molar refractivity (Wildman–Crippen MR) is 78.4 cm³/mol. The molecule has 0 aliphatic heterocycles. The van der Waals surface area contributed by atoms with E-state index in [-0.39, 0.29) is 11.4 Å². The molecular formula is C15H22N2O3. The summed E-state index contributed by atoms with van der Waals surface area (Å²) in [6.07, 6.45) is -0.858. The van der Waals surface area contributed by atoms with Gasteiger partial charge in [-0.2, -0.15) is 0 Å². The van der Waals surface area contributed by atoms with Crippen molar-refractivity contribution in [1.29, 1.82) is 0 Å². The summed E-state index contributed by atoms with van der Waals surface area (Å²) >= 11 is 0. The highest BCUT2D eigenvalue weighted by Gasteiger charge is 2.23. The summed E-state index contributed by atoms with van der Waals surface area (Å²) in [4.78, 5) is 23.8. The minimum absolute atomic E-state index is 0.327.